The summed E-state index contributed by atoms with van der Waals surface area (Å²) in [6, 6.07) is 15.5. The highest BCUT2D eigenvalue weighted by atomic mass is 79.9. The largest absolute Gasteiger partial charge is 0.493 e. The van der Waals surface area contributed by atoms with E-state index in [1.807, 2.05) is 30.3 Å². The molecular weight excluding hydrogens is 492 g/mol. The number of imide groups is 2. The SMILES string of the molecule is COc1cc(/C=C2\C(=O)NC(=O)N(Cc3ccco3)C2=O)c(Br)cc1OCc1ccccc1. The van der Waals surface area contributed by atoms with E-state index in [1.54, 1.807) is 24.3 Å². The van der Waals surface area contributed by atoms with E-state index < -0.39 is 17.8 Å². The fourth-order valence-corrected chi connectivity index (χ4v) is 3.66. The van der Waals surface area contributed by atoms with Crippen molar-refractivity contribution in [1.29, 1.82) is 0 Å². The maximum absolute atomic E-state index is 12.9. The number of rotatable bonds is 7. The molecule has 3 aromatic rings. The molecule has 0 spiro atoms. The molecule has 168 valence electrons. The first-order valence-electron chi connectivity index (χ1n) is 9.91. The van der Waals surface area contributed by atoms with Crippen LogP contribution in [0.15, 0.2) is 75.3 Å². The zero-order valence-corrected chi connectivity index (χ0v) is 19.1. The molecule has 1 aromatic heterocycles. The second kappa shape index (κ2) is 9.74. The molecule has 0 radical (unpaired) electrons. The Bertz CT molecular complexity index is 1220. The third kappa shape index (κ3) is 4.98. The number of amides is 4. The number of benzene rings is 2. The Morgan fingerprint density at radius 1 is 1.06 bits per heavy atom. The maximum atomic E-state index is 12.9. The Morgan fingerprint density at radius 2 is 1.85 bits per heavy atom. The van der Waals surface area contributed by atoms with Gasteiger partial charge in [0, 0.05) is 4.47 Å². The quantitative estimate of drug-likeness (QED) is 0.376. The van der Waals surface area contributed by atoms with Gasteiger partial charge in [-0.1, -0.05) is 46.3 Å². The standard InChI is InChI=1S/C24H19BrN2O6/c1-31-20-11-16(19(25)12-21(20)33-14-15-6-3-2-4-7-15)10-18-22(28)26-24(30)27(23(18)29)13-17-8-5-9-32-17/h2-12H,13-14H2,1H3,(H,26,28,30)/b18-10+. The molecule has 1 aliphatic heterocycles. The molecule has 1 fully saturated rings. The molecule has 33 heavy (non-hydrogen) atoms. The van der Waals surface area contributed by atoms with Gasteiger partial charge in [-0.15, -0.1) is 0 Å². The topological polar surface area (TPSA) is 98.1 Å². The summed E-state index contributed by atoms with van der Waals surface area (Å²) in [6.45, 7) is 0.244. The third-order valence-electron chi connectivity index (χ3n) is 4.90. The highest BCUT2D eigenvalue weighted by Crippen LogP contribution is 2.35. The smallest absolute Gasteiger partial charge is 0.331 e. The minimum atomic E-state index is -0.806. The molecule has 1 N–H and O–H groups in total. The zero-order chi connectivity index (χ0) is 23.4. The molecule has 0 unspecified atom stereocenters. The molecule has 1 saturated heterocycles. The molecule has 4 rings (SSSR count). The van der Waals surface area contributed by atoms with Gasteiger partial charge in [-0.2, -0.15) is 0 Å². The Balaban J connectivity index is 1.60. The van der Waals surface area contributed by atoms with E-state index in [2.05, 4.69) is 21.2 Å². The molecule has 1 aliphatic rings. The number of carbonyl (C=O) groups excluding carboxylic acids is 3. The molecule has 9 heteroatoms. The van der Waals surface area contributed by atoms with Crippen LogP contribution in [0.4, 0.5) is 4.79 Å². The number of nitrogens with zero attached hydrogens (tertiary/aromatic N) is 1. The van der Waals surface area contributed by atoms with Crippen molar-refractivity contribution in [3.05, 3.63) is 87.8 Å². The van der Waals surface area contributed by atoms with Crippen LogP contribution in [0.1, 0.15) is 16.9 Å². The summed E-state index contributed by atoms with van der Waals surface area (Å²) in [5, 5.41) is 2.19. The second-order valence-corrected chi connectivity index (χ2v) is 7.94. The van der Waals surface area contributed by atoms with Gasteiger partial charge in [-0.3, -0.25) is 19.8 Å². The number of nitrogens with one attached hydrogen (secondary N) is 1. The number of hydrogen-bond donors (Lipinski definition) is 1. The fraction of sp³-hybridized carbons (Fsp3) is 0.125. The molecule has 2 aromatic carbocycles. The lowest BCUT2D eigenvalue weighted by atomic mass is 10.1. The Labute approximate surface area is 197 Å². The summed E-state index contributed by atoms with van der Waals surface area (Å²) >= 11 is 3.46. The van der Waals surface area contributed by atoms with E-state index in [0.29, 0.717) is 33.9 Å². The number of halogens is 1. The van der Waals surface area contributed by atoms with E-state index in [4.69, 9.17) is 13.9 Å². The van der Waals surface area contributed by atoms with Gasteiger partial charge in [0.2, 0.25) is 0 Å². The lowest BCUT2D eigenvalue weighted by Gasteiger charge is -2.25. The summed E-state index contributed by atoms with van der Waals surface area (Å²) in [4.78, 5) is 38.5. The molecule has 0 atom stereocenters. The van der Waals surface area contributed by atoms with E-state index in [-0.39, 0.29) is 12.1 Å². The Morgan fingerprint density at radius 3 is 2.55 bits per heavy atom. The predicted octanol–water partition coefficient (Wildman–Crippen LogP) is 4.29. The minimum absolute atomic E-state index is 0.0982. The number of methoxy groups -OCH3 is 1. The first kappa shape index (κ1) is 22.3. The highest BCUT2D eigenvalue weighted by Gasteiger charge is 2.36. The number of hydrogen-bond acceptors (Lipinski definition) is 6. The van der Waals surface area contributed by atoms with Crippen molar-refractivity contribution in [2.75, 3.05) is 7.11 Å². The monoisotopic (exact) mass is 510 g/mol. The van der Waals surface area contributed by atoms with Crippen LogP contribution in [-0.4, -0.2) is 29.9 Å². The molecule has 0 aliphatic carbocycles. The van der Waals surface area contributed by atoms with Gasteiger partial charge in [-0.05, 0) is 41.5 Å². The van der Waals surface area contributed by atoms with Gasteiger partial charge in [-0.25, -0.2) is 4.79 Å². The van der Waals surface area contributed by atoms with Crippen LogP contribution >= 0.6 is 15.9 Å². The van der Waals surface area contributed by atoms with Crippen LogP contribution < -0.4 is 14.8 Å². The van der Waals surface area contributed by atoms with Gasteiger partial charge in [0.1, 0.15) is 17.9 Å². The molecule has 0 bridgehead atoms. The normalized spacial score (nSPS) is 15.0. The van der Waals surface area contributed by atoms with Crippen molar-refractivity contribution in [2.45, 2.75) is 13.2 Å². The number of urea groups is 1. The van der Waals surface area contributed by atoms with Gasteiger partial charge < -0.3 is 13.9 Å². The average molecular weight is 511 g/mol. The van der Waals surface area contributed by atoms with Crippen molar-refractivity contribution in [3.8, 4) is 11.5 Å². The van der Waals surface area contributed by atoms with Gasteiger partial charge in [0.05, 0.1) is 19.9 Å². The second-order valence-electron chi connectivity index (χ2n) is 7.09. The van der Waals surface area contributed by atoms with E-state index in [1.165, 1.54) is 19.4 Å². The molecule has 0 saturated carbocycles. The average Bonchev–Trinajstić information content (AvgIpc) is 3.33. The van der Waals surface area contributed by atoms with Gasteiger partial charge in [0.25, 0.3) is 11.8 Å². The Kier molecular flexibility index (Phi) is 6.60. The lowest BCUT2D eigenvalue weighted by Crippen LogP contribution is -2.53. The summed E-state index contributed by atoms with van der Waals surface area (Å²) in [6.07, 6.45) is 2.83. The van der Waals surface area contributed by atoms with Crippen LogP contribution in [0.5, 0.6) is 11.5 Å². The van der Waals surface area contributed by atoms with Crippen LogP contribution in [0.25, 0.3) is 6.08 Å². The van der Waals surface area contributed by atoms with Crippen LogP contribution in [0, 0.1) is 0 Å². The lowest BCUT2D eigenvalue weighted by molar-refractivity contribution is -0.130. The van der Waals surface area contributed by atoms with Crippen molar-refractivity contribution in [2.24, 2.45) is 0 Å². The molecule has 8 nitrogen and oxygen atoms in total. The third-order valence-corrected chi connectivity index (χ3v) is 5.59. The minimum Gasteiger partial charge on any atom is -0.493 e. The van der Waals surface area contributed by atoms with E-state index in [9.17, 15) is 14.4 Å². The first-order chi connectivity index (χ1) is 16.0. The summed E-state index contributed by atoms with van der Waals surface area (Å²) in [5.41, 5.74) is 1.30. The number of ether oxygens (including phenoxy) is 2. The number of barbiturate groups is 1. The van der Waals surface area contributed by atoms with Gasteiger partial charge >= 0.3 is 6.03 Å². The molecule has 2 heterocycles. The van der Waals surface area contributed by atoms with E-state index in [0.717, 1.165) is 10.5 Å². The van der Waals surface area contributed by atoms with Gasteiger partial charge in [0.15, 0.2) is 11.5 Å². The fourth-order valence-electron chi connectivity index (χ4n) is 3.22. The number of furan rings is 1. The maximum Gasteiger partial charge on any atom is 0.331 e. The summed E-state index contributed by atoms with van der Waals surface area (Å²) in [5.74, 6) is -0.182. The number of carbonyl (C=O) groups is 3. The van der Waals surface area contributed by atoms with Crippen molar-refractivity contribution < 1.29 is 28.3 Å². The Hall–Kier alpha value is -3.85. The molecule has 4 amide bonds. The summed E-state index contributed by atoms with van der Waals surface area (Å²) in [7, 11) is 1.50. The van der Waals surface area contributed by atoms with Crippen LogP contribution in [0.3, 0.4) is 0 Å². The molecular formula is C24H19BrN2O6. The zero-order valence-electron chi connectivity index (χ0n) is 17.5. The highest BCUT2D eigenvalue weighted by molar-refractivity contribution is 9.10. The first-order valence-corrected chi connectivity index (χ1v) is 10.7. The van der Waals surface area contributed by atoms with Crippen LogP contribution in [0.2, 0.25) is 0 Å². The summed E-state index contributed by atoms with van der Waals surface area (Å²) < 4.78 is 17.1. The van der Waals surface area contributed by atoms with E-state index >= 15 is 0 Å². The van der Waals surface area contributed by atoms with Crippen molar-refractivity contribution >= 4 is 39.9 Å². The van der Waals surface area contributed by atoms with Crippen molar-refractivity contribution in [3.63, 3.8) is 0 Å². The van der Waals surface area contributed by atoms with Crippen molar-refractivity contribution in [1.82, 2.24) is 10.2 Å². The van der Waals surface area contributed by atoms with Crippen LogP contribution in [-0.2, 0) is 22.7 Å². The predicted molar refractivity (Wildman–Crippen MR) is 122 cm³/mol.